The third kappa shape index (κ3) is 3.43. The Morgan fingerprint density at radius 3 is 2.37 bits per heavy atom. The van der Waals surface area contributed by atoms with Crippen LogP contribution in [0, 0.1) is 11.3 Å². The number of benzene rings is 2. The molecule has 0 saturated heterocycles. The zero-order valence-electron chi connectivity index (χ0n) is 9.65. The molecule has 0 spiro atoms. The van der Waals surface area contributed by atoms with Crippen LogP contribution in [0.25, 0.3) is 0 Å². The maximum absolute atomic E-state index is 12.0. The number of anilines is 1. The number of carbonyl (C=O) groups excluding carboxylic acids is 1. The predicted octanol–water partition coefficient (Wildman–Crippen LogP) is 4.34. The van der Waals surface area contributed by atoms with Crippen LogP contribution in [0.5, 0.6) is 0 Å². The van der Waals surface area contributed by atoms with Crippen molar-refractivity contribution in [2.45, 2.75) is 0 Å². The minimum Gasteiger partial charge on any atom is -0.321 e. The molecule has 0 aliphatic rings. The van der Waals surface area contributed by atoms with E-state index in [9.17, 15) is 4.79 Å². The first-order valence-electron chi connectivity index (χ1n) is 5.37. The molecule has 1 amide bonds. The Hall–Kier alpha value is -1.64. The van der Waals surface area contributed by atoms with E-state index < -0.39 is 0 Å². The number of hydrogen-bond donors (Lipinski definition) is 1. The number of hydrogen-bond acceptors (Lipinski definition) is 2. The van der Waals surface area contributed by atoms with Crippen molar-refractivity contribution in [3.8, 4) is 6.07 Å². The van der Waals surface area contributed by atoms with E-state index in [2.05, 4.69) is 37.2 Å². The van der Waals surface area contributed by atoms with Crippen molar-refractivity contribution < 1.29 is 4.79 Å². The minimum absolute atomic E-state index is 0.215. The van der Waals surface area contributed by atoms with Gasteiger partial charge < -0.3 is 5.32 Å². The van der Waals surface area contributed by atoms with Gasteiger partial charge in [0.05, 0.1) is 17.3 Å². The molecule has 2 rings (SSSR count). The van der Waals surface area contributed by atoms with Crippen LogP contribution in [0.15, 0.2) is 51.4 Å². The van der Waals surface area contributed by atoms with E-state index >= 15 is 0 Å². The molecule has 94 valence electrons. The van der Waals surface area contributed by atoms with E-state index in [4.69, 9.17) is 5.26 Å². The van der Waals surface area contributed by atoms with E-state index in [0.29, 0.717) is 16.8 Å². The van der Waals surface area contributed by atoms with E-state index in [0.717, 1.165) is 8.95 Å². The van der Waals surface area contributed by atoms with Crippen LogP contribution in [0.3, 0.4) is 0 Å². The van der Waals surface area contributed by atoms with E-state index in [-0.39, 0.29) is 5.91 Å². The zero-order chi connectivity index (χ0) is 13.8. The first-order valence-corrected chi connectivity index (χ1v) is 6.95. The van der Waals surface area contributed by atoms with Crippen molar-refractivity contribution in [1.29, 1.82) is 5.26 Å². The van der Waals surface area contributed by atoms with Gasteiger partial charge in [-0.25, -0.2) is 0 Å². The van der Waals surface area contributed by atoms with Crippen molar-refractivity contribution in [1.82, 2.24) is 0 Å². The van der Waals surface area contributed by atoms with Crippen LogP contribution in [-0.4, -0.2) is 5.91 Å². The molecule has 0 bridgehead atoms. The summed E-state index contributed by atoms with van der Waals surface area (Å²) in [7, 11) is 0. The van der Waals surface area contributed by atoms with Crippen LogP contribution < -0.4 is 5.32 Å². The van der Waals surface area contributed by atoms with Gasteiger partial charge in [-0.1, -0.05) is 15.9 Å². The molecule has 5 heteroatoms. The third-order valence-corrected chi connectivity index (χ3v) is 3.60. The maximum Gasteiger partial charge on any atom is 0.255 e. The lowest BCUT2D eigenvalue weighted by molar-refractivity contribution is 0.102. The van der Waals surface area contributed by atoms with Crippen LogP contribution in [-0.2, 0) is 0 Å². The molecule has 1 N–H and O–H groups in total. The standard InChI is InChI=1S/C14H8Br2N2O/c15-11-5-6-13(12(16)7-11)18-14(19)10-3-1-9(8-17)2-4-10/h1-7H,(H,18,19). The molecule has 0 radical (unpaired) electrons. The molecule has 2 aromatic rings. The second-order valence-corrected chi connectivity index (χ2v) is 5.54. The quantitative estimate of drug-likeness (QED) is 0.843. The summed E-state index contributed by atoms with van der Waals surface area (Å²) in [6.07, 6.45) is 0. The van der Waals surface area contributed by atoms with Gasteiger partial charge in [0.1, 0.15) is 0 Å². The molecular weight excluding hydrogens is 372 g/mol. The van der Waals surface area contributed by atoms with Gasteiger partial charge in [0.15, 0.2) is 0 Å². The number of halogens is 2. The summed E-state index contributed by atoms with van der Waals surface area (Å²) in [5, 5.41) is 11.5. The molecule has 0 heterocycles. The zero-order valence-corrected chi connectivity index (χ0v) is 12.8. The Kier molecular flexibility index (Phi) is 4.35. The Bertz CT molecular complexity index is 660. The lowest BCUT2D eigenvalue weighted by atomic mass is 10.1. The third-order valence-electron chi connectivity index (χ3n) is 2.46. The monoisotopic (exact) mass is 378 g/mol. The summed E-state index contributed by atoms with van der Waals surface area (Å²) in [5.41, 5.74) is 1.73. The normalized spacial score (nSPS) is 9.74. The highest BCUT2D eigenvalue weighted by atomic mass is 79.9. The summed E-state index contributed by atoms with van der Waals surface area (Å²) >= 11 is 6.73. The van der Waals surface area contributed by atoms with E-state index in [1.165, 1.54) is 0 Å². The molecule has 3 nitrogen and oxygen atoms in total. The smallest absolute Gasteiger partial charge is 0.255 e. The fourth-order valence-corrected chi connectivity index (χ4v) is 2.63. The second-order valence-electron chi connectivity index (χ2n) is 3.77. The van der Waals surface area contributed by atoms with Gasteiger partial charge in [-0.15, -0.1) is 0 Å². The Balaban J connectivity index is 2.18. The van der Waals surface area contributed by atoms with Gasteiger partial charge in [0, 0.05) is 14.5 Å². The van der Waals surface area contributed by atoms with Gasteiger partial charge in [-0.05, 0) is 58.4 Å². The molecule has 19 heavy (non-hydrogen) atoms. The predicted molar refractivity (Wildman–Crippen MR) is 81.0 cm³/mol. The molecule has 0 aliphatic carbocycles. The van der Waals surface area contributed by atoms with Crippen molar-refractivity contribution in [2.24, 2.45) is 0 Å². The van der Waals surface area contributed by atoms with E-state index in [1.54, 1.807) is 30.3 Å². The van der Waals surface area contributed by atoms with Crippen molar-refractivity contribution in [2.75, 3.05) is 5.32 Å². The highest BCUT2D eigenvalue weighted by Gasteiger charge is 2.08. The number of nitrogens with zero attached hydrogens (tertiary/aromatic N) is 1. The molecule has 0 unspecified atom stereocenters. The van der Waals surface area contributed by atoms with Crippen molar-refractivity contribution in [3.63, 3.8) is 0 Å². The first-order chi connectivity index (χ1) is 9.10. The molecule has 0 saturated carbocycles. The second kappa shape index (κ2) is 6.00. The molecule has 2 aromatic carbocycles. The minimum atomic E-state index is -0.215. The lowest BCUT2D eigenvalue weighted by Gasteiger charge is -2.07. The largest absolute Gasteiger partial charge is 0.321 e. The molecule has 0 aromatic heterocycles. The molecule has 0 aliphatic heterocycles. The average molecular weight is 380 g/mol. The number of carbonyl (C=O) groups is 1. The Morgan fingerprint density at radius 1 is 1.11 bits per heavy atom. The van der Waals surface area contributed by atoms with Crippen LogP contribution in [0.4, 0.5) is 5.69 Å². The Morgan fingerprint density at radius 2 is 1.79 bits per heavy atom. The number of amides is 1. The van der Waals surface area contributed by atoms with Gasteiger partial charge in [0.25, 0.3) is 5.91 Å². The summed E-state index contributed by atoms with van der Waals surface area (Å²) in [5.74, 6) is -0.215. The number of rotatable bonds is 2. The van der Waals surface area contributed by atoms with Crippen molar-refractivity contribution in [3.05, 3.63) is 62.5 Å². The van der Waals surface area contributed by atoms with E-state index in [1.807, 2.05) is 18.2 Å². The highest BCUT2D eigenvalue weighted by Crippen LogP contribution is 2.26. The van der Waals surface area contributed by atoms with Crippen LogP contribution >= 0.6 is 31.9 Å². The summed E-state index contributed by atoms with van der Waals surface area (Å²) in [4.78, 5) is 12.0. The summed E-state index contributed by atoms with van der Waals surface area (Å²) in [6.45, 7) is 0. The summed E-state index contributed by atoms with van der Waals surface area (Å²) in [6, 6.07) is 14.0. The fourth-order valence-electron chi connectivity index (χ4n) is 1.48. The lowest BCUT2D eigenvalue weighted by Crippen LogP contribution is -2.12. The maximum atomic E-state index is 12.0. The summed E-state index contributed by atoms with van der Waals surface area (Å²) < 4.78 is 1.72. The van der Waals surface area contributed by atoms with Gasteiger partial charge in [-0.2, -0.15) is 5.26 Å². The molecule has 0 atom stereocenters. The fraction of sp³-hybridized carbons (Fsp3) is 0. The van der Waals surface area contributed by atoms with Crippen LogP contribution in [0.2, 0.25) is 0 Å². The van der Waals surface area contributed by atoms with Gasteiger partial charge >= 0.3 is 0 Å². The molecule has 0 fully saturated rings. The first kappa shape index (κ1) is 13.8. The number of nitrogens with one attached hydrogen (secondary N) is 1. The Labute approximate surface area is 127 Å². The number of nitriles is 1. The van der Waals surface area contributed by atoms with Crippen LogP contribution in [0.1, 0.15) is 15.9 Å². The van der Waals surface area contributed by atoms with Crippen molar-refractivity contribution >= 4 is 43.5 Å². The highest BCUT2D eigenvalue weighted by molar-refractivity contribution is 9.11. The SMILES string of the molecule is N#Cc1ccc(C(=O)Nc2ccc(Br)cc2Br)cc1. The van der Waals surface area contributed by atoms with Gasteiger partial charge in [0.2, 0.25) is 0 Å². The molecular formula is C14H8Br2N2O. The van der Waals surface area contributed by atoms with Gasteiger partial charge in [-0.3, -0.25) is 4.79 Å². The topological polar surface area (TPSA) is 52.9 Å². The average Bonchev–Trinajstić information content (AvgIpc) is 2.42.